The maximum atomic E-state index is 12.1. The Morgan fingerprint density at radius 3 is 2.67 bits per heavy atom. The van der Waals surface area contributed by atoms with Gasteiger partial charge in [-0.15, -0.1) is 0 Å². The summed E-state index contributed by atoms with van der Waals surface area (Å²) in [5, 5.41) is 5.43. The van der Waals surface area contributed by atoms with E-state index in [4.69, 9.17) is 4.74 Å². The van der Waals surface area contributed by atoms with Gasteiger partial charge in [0.15, 0.2) is 0 Å². The molecule has 2 rings (SSSR count). The zero-order valence-electron chi connectivity index (χ0n) is 13.9. The lowest BCUT2D eigenvalue weighted by Gasteiger charge is -2.14. The zero-order valence-corrected chi connectivity index (χ0v) is 13.9. The predicted octanol–water partition coefficient (Wildman–Crippen LogP) is 2.11. The minimum absolute atomic E-state index is 0.156. The quantitative estimate of drug-likeness (QED) is 0.880. The SMILES string of the molecule is COc1ccc(C(=O)N(C)C)cc1NC(=O)NCc1cccnc1. The van der Waals surface area contributed by atoms with Crippen molar-refractivity contribution in [3.05, 3.63) is 53.9 Å². The highest BCUT2D eigenvalue weighted by atomic mass is 16.5. The molecule has 0 unspecified atom stereocenters. The Morgan fingerprint density at radius 1 is 1.25 bits per heavy atom. The summed E-state index contributed by atoms with van der Waals surface area (Å²) in [6.45, 7) is 0.346. The Balaban J connectivity index is 2.08. The normalized spacial score (nSPS) is 9.96. The summed E-state index contributed by atoms with van der Waals surface area (Å²) in [6, 6.07) is 8.16. The number of methoxy groups -OCH3 is 1. The van der Waals surface area contributed by atoms with Gasteiger partial charge in [0, 0.05) is 38.6 Å². The van der Waals surface area contributed by atoms with Gasteiger partial charge in [-0.25, -0.2) is 4.79 Å². The number of hydrogen-bond donors (Lipinski definition) is 2. The third kappa shape index (κ3) is 4.45. The van der Waals surface area contributed by atoms with Crippen LogP contribution >= 0.6 is 0 Å². The minimum atomic E-state index is -0.397. The molecule has 7 heteroatoms. The van der Waals surface area contributed by atoms with Crippen LogP contribution in [0.25, 0.3) is 0 Å². The minimum Gasteiger partial charge on any atom is -0.495 e. The second-order valence-corrected chi connectivity index (χ2v) is 5.28. The molecular weight excluding hydrogens is 308 g/mol. The number of rotatable bonds is 5. The molecular formula is C17H20N4O3. The highest BCUT2D eigenvalue weighted by Crippen LogP contribution is 2.25. The summed E-state index contributed by atoms with van der Waals surface area (Å²) in [5.74, 6) is 0.318. The summed E-state index contributed by atoms with van der Waals surface area (Å²) >= 11 is 0. The lowest BCUT2D eigenvalue weighted by atomic mass is 10.1. The Morgan fingerprint density at radius 2 is 2.04 bits per heavy atom. The topological polar surface area (TPSA) is 83.6 Å². The van der Waals surface area contributed by atoms with Gasteiger partial charge in [0.2, 0.25) is 0 Å². The Labute approximate surface area is 140 Å². The third-order valence-corrected chi connectivity index (χ3v) is 3.28. The van der Waals surface area contributed by atoms with Gasteiger partial charge in [0.05, 0.1) is 12.8 Å². The molecule has 0 bridgehead atoms. The van der Waals surface area contributed by atoms with Crippen molar-refractivity contribution in [1.29, 1.82) is 0 Å². The van der Waals surface area contributed by atoms with E-state index in [2.05, 4.69) is 15.6 Å². The number of hydrogen-bond acceptors (Lipinski definition) is 4. The number of nitrogens with zero attached hydrogens (tertiary/aromatic N) is 2. The van der Waals surface area contributed by atoms with E-state index in [9.17, 15) is 9.59 Å². The number of benzene rings is 1. The molecule has 7 nitrogen and oxygen atoms in total. The van der Waals surface area contributed by atoms with Crippen LogP contribution in [0.2, 0.25) is 0 Å². The van der Waals surface area contributed by atoms with Crippen LogP contribution in [0, 0.1) is 0 Å². The second-order valence-electron chi connectivity index (χ2n) is 5.28. The van der Waals surface area contributed by atoms with Crippen LogP contribution in [0.15, 0.2) is 42.7 Å². The molecule has 1 heterocycles. The first-order valence-corrected chi connectivity index (χ1v) is 7.34. The number of anilines is 1. The summed E-state index contributed by atoms with van der Waals surface area (Å²) in [7, 11) is 4.84. The van der Waals surface area contributed by atoms with Crippen molar-refractivity contribution in [3.63, 3.8) is 0 Å². The average Bonchev–Trinajstić information content (AvgIpc) is 2.60. The van der Waals surface area contributed by atoms with E-state index >= 15 is 0 Å². The first-order valence-electron chi connectivity index (χ1n) is 7.34. The van der Waals surface area contributed by atoms with Gasteiger partial charge in [0.25, 0.3) is 5.91 Å². The number of aromatic nitrogens is 1. The van der Waals surface area contributed by atoms with Crippen LogP contribution in [0.1, 0.15) is 15.9 Å². The van der Waals surface area contributed by atoms with Crippen molar-refractivity contribution in [1.82, 2.24) is 15.2 Å². The lowest BCUT2D eigenvalue weighted by Crippen LogP contribution is -2.28. The molecule has 0 saturated heterocycles. The highest BCUT2D eigenvalue weighted by molar-refractivity contribution is 5.97. The number of urea groups is 1. The summed E-state index contributed by atoms with van der Waals surface area (Å²) < 4.78 is 5.23. The highest BCUT2D eigenvalue weighted by Gasteiger charge is 2.13. The molecule has 0 aliphatic heterocycles. The fourth-order valence-electron chi connectivity index (χ4n) is 2.05. The van der Waals surface area contributed by atoms with Crippen LogP contribution in [0.4, 0.5) is 10.5 Å². The molecule has 0 atom stereocenters. The van der Waals surface area contributed by atoms with Gasteiger partial charge < -0.3 is 20.3 Å². The van der Waals surface area contributed by atoms with Crippen LogP contribution in [-0.4, -0.2) is 43.0 Å². The fraction of sp³-hybridized carbons (Fsp3) is 0.235. The van der Waals surface area contributed by atoms with Crippen molar-refractivity contribution in [2.45, 2.75) is 6.54 Å². The first-order chi connectivity index (χ1) is 11.5. The molecule has 126 valence electrons. The second kappa shape index (κ2) is 7.96. The number of amides is 3. The van der Waals surface area contributed by atoms with E-state index in [1.807, 2.05) is 6.07 Å². The fourth-order valence-corrected chi connectivity index (χ4v) is 2.05. The Hall–Kier alpha value is -3.09. The smallest absolute Gasteiger partial charge is 0.319 e. The molecule has 0 aliphatic carbocycles. The van der Waals surface area contributed by atoms with Crippen LogP contribution in [0.3, 0.4) is 0 Å². The van der Waals surface area contributed by atoms with E-state index in [1.165, 1.54) is 12.0 Å². The van der Waals surface area contributed by atoms with Gasteiger partial charge in [-0.05, 0) is 29.8 Å². The molecule has 2 aromatic rings. The van der Waals surface area contributed by atoms with Crippen molar-refractivity contribution in [2.24, 2.45) is 0 Å². The number of pyridine rings is 1. The monoisotopic (exact) mass is 328 g/mol. The summed E-state index contributed by atoms with van der Waals surface area (Å²) in [4.78, 5) is 29.6. The third-order valence-electron chi connectivity index (χ3n) is 3.28. The largest absolute Gasteiger partial charge is 0.495 e. The van der Waals surface area contributed by atoms with Crippen LogP contribution in [0.5, 0.6) is 5.75 Å². The van der Waals surface area contributed by atoms with Crippen molar-refractivity contribution < 1.29 is 14.3 Å². The van der Waals surface area contributed by atoms with E-state index in [0.29, 0.717) is 23.5 Å². The van der Waals surface area contributed by atoms with Crippen molar-refractivity contribution in [2.75, 3.05) is 26.5 Å². The van der Waals surface area contributed by atoms with Gasteiger partial charge in [-0.2, -0.15) is 0 Å². The number of ether oxygens (including phenoxy) is 1. The lowest BCUT2D eigenvalue weighted by molar-refractivity contribution is 0.0827. The molecule has 1 aromatic heterocycles. The molecule has 0 aliphatic rings. The van der Waals surface area contributed by atoms with E-state index in [-0.39, 0.29) is 5.91 Å². The molecule has 3 amide bonds. The van der Waals surface area contributed by atoms with E-state index in [1.54, 1.807) is 50.8 Å². The molecule has 0 saturated carbocycles. The molecule has 0 fully saturated rings. The molecule has 24 heavy (non-hydrogen) atoms. The maximum Gasteiger partial charge on any atom is 0.319 e. The zero-order chi connectivity index (χ0) is 17.5. The number of carbonyl (C=O) groups excluding carboxylic acids is 2. The van der Waals surface area contributed by atoms with Crippen molar-refractivity contribution in [3.8, 4) is 5.75 Å². The summed E-state index contributed by atoms with van der Waals surface area (Å²) in [5.41, 5.74) is 1.77. The van der Waals surface area contributed by atoms with Gasteiger partial charge in [-0.1, -0.05) is 6.07 Å². The molecule has 0 spiro atoms. The average molecular weight is 328 g/mol. The van der Waals surface area contributed by atoms with E-state index in [0.717, 1.165) is 5.56 Å². The van der Waals surface area contributed by atoms with Gasteiger partial charge >= 0.3 is 6.03 Å². The van der Waals surface area contributed by atoms with Gasteiger partial charge in [-0.3, -0.25) is 9.78 Å². The van der Waals surface area contributed by atoms with E-state index < -0.39 is 6.03 Å². The first kappa shape index (κ1) is 17.3. The molecule has 1 aromatic carbocycles. The standard InChI is InChI=1S/C17H20N4O3/c1-21(2)16(22)13-6-7-15(24-3)14(9-13)20-17(23)19-11-12-5-4-8-18-10-12/h4-10H,11H2,1-3H3,(H2,19,20,23). The molecule has 2 N–H and O–H groups in total. The summed E-state index contributed by atoms with van der Waals surface area (Å²) in [6.07, 6.45) is 3.35. The number of carbonyl (C=O) groups is 2. The Kier molecular flexibility index (Phi) is 5.73. The van der Waals surface area contributed by atoms with Gasteiger partial charge in [0.1, 0.15) is 5.75 Å². The Bertz CT molecular complexity index is 717. The maximum absolute atomic E-state index is 12.1. The van der Waals surface area contributed by atoms with Crippen LogP contribution < -0.4 is 15.4 Å². The van der Waals surface area contributed by atoms with Crippen LogP contribution in [-0.2, 0) is 6.54 Å². The molecule has 0 radical (unpaired) electrons. The predicted molar refractivity (Wildman–Crippen MR) is 91.1 cm³/mol. The number of nitrogens with one attached hydrogen (secondary N) is 2. The van der Waals surface area contributed by atoms with Crippen molar-refractivity contribution >= 4 is 17.6 Å².